The van der Waals surface area contributed by atoms with E-state index in [2.05, 4.69) is 5.32 Å². The molecule has 0 unspecified atom stereocenters. The van der Waals surface area contributed by atoms with Crippen LogP contribution in [0.4, 0.5) is 5.69 Å². The molecule has 0 aliphatic heterocycles. The summed E-state index contributed by atoms with van der Waals surface area (Å²) in [6.45, 7) is 4.76. The largest absolute Gasteiger partial charge is 0.352 e. The van der Waals surface area contributed by atoms with Crippen LogP contribution in [0, 0.1) is 0 Å². The summed E-state index contributed by atoms with van der Waals surface area (Å²) < 4.78 is 28.4. The predicted molar refractivity (Wildman–Crippen MR) is 147 cm³/mol. The summed E-state index contributed by atoms with van der Waals surface area (Å²) in [5.41, 5.74) is 0.893. The molecule has 3 aromatic rings. The lowest BCUT2D eigenvalue weighted by Gasteiger charge is -2.32. The number of sulfonamides is 1. The van der Waals surface area contributed by atoms with E-state index in [1.807, 2.05) is 13.8 Å². The zero-order valence-electron chi connectivity index (χ0n) is 20.8. The lowest BCUT2D eigenvalue weighted by atomic mass is 10.1. The van der Waals surface area contributed by atoms with Gasteiger partial charge in [0.25, 0.3) is 10.0 Å². The van der Waals surface area contributed by atoms with E-state index in [9.17, 15) is 18.0 Å². The van der Waals surface area contributed by atoms with Gasteiger partial charge in [-0.15, -0.1) is 0 Å². The van der Waals surface area contributed by atoms with Crippen molar-refractivity contribution in [1.82, 2.24) is 10.2 Å². The predicted octanol–water partition coefficient (Wildman–Crippen LogP) is 5.13. The molecule has 0 spiro atoms. The minimum atomic E-state index is -4.17. The number of nitrogens with one attached hydrogen (secondary N) is 1. The van der Waals surface area contributed by atoms with Gasteiger partial charge in [0, 0.05) is 17.6 Å². The topological polar surface area (TPSA) is 86.8 Å². The minimum absolute atomic E-state index is 0.0116. The van der Waals surface area contributed by atoms with E-state index in [4.69, 9.17) is 23.2 Å². The highest BCUT2D eigenvalue weighted by atomic mass is 35.5. The molecule has 7 nitrogen and oxygen atoms in total. The Labute approximate surface area is 228 Å². The second-order valence-corrected chi connectivity index (χ2v) is 11.5. The van der Waals surface area contributed by atoms with Crippen molar-refractivity contribution in [2.75, 3.05) is 10.8 Å². The Morgan fingerprint density at radius 2 is 1.46 bits per heavy atom. The molecule has 0 heterocycles. The molecule has 1 atom stereocenters. The van der Waals surface area contributed by atoms with Crippen molar-refractivity contribution >= 4 is 50.7 Å². The van der Waals surface area contributed by atoms with Crippen LogP contribution in [-0.2, 0) is 26.2 Å². The van der Waals surface area contributed by atoms with Gasteiger partial charge in [-0.05, 0) is 62.7 Å². The lowest BCUT2D eigenvalue weighted by molar-refractivity contribution is -0.139. The number of carbonyl (C=O) groups is 2. The molecule has 0 saturated heterocycles. The molecular weight excluding hydrogens is 533 g/mol. The highest BCUT2D eigenvalue weighted by Gasteiger charge is 2.33. The van der Waals surface area contributed by atoms with Gasteiger partial charge in [-0.2, -0.15) is 0 Å². The van der Waals surface area contributed by atoms with Crippen molar-refractivity contribution in [2.45, 2.75) is 44.3 Å². The van der Waals surface area contributed by atoms with Crippen LogP contribution >= 0.6 is 23.2 Å². The monoisotopic (exact) mass is 561 g/mol. The Balaban J connectivity index is 2.02. The molecule has 0 aromatic heterocycles. The maximum atomic E-state index is 13.8. The Kier molecular flexibility index (Phi) is 9.59. The van der Waals surface area contributed by atoms with Crippen LogP contribution in [0.15, 0.2) is 83.8 Å². The van der Waals surface area contributed by atoms with Crippen LogP contribution in [0.3, 0.4) is 0 Å². The van der Waals surface area contributed by atoms with Gasteiger partial charge >= 0.3 is 0 Å². The van der Waals surface area contributed by atoms with Gasteiger partial charge in [-0.1, -0.05) is 65.7 Å². The molecule has 1 N–H and O–H groups in total. The van der Waals surface area contributed by atoms with Crippen molar-refractivity contribution in [2.24, 2.45) is 0 Å². The summed E-state index contributed by atoms with van der Waals surface area (Å²) in [5.74, 6) is -0.923. The number of anilines is 1. The van der Waals surface area contributed by atoms with Crippen LogP contribution in [0.1, 0.15) is 26.3 Å². The highest BCUT2D eigenvalue weighted by Crippen LogP contribution is 2.30. The maximum Gasteiger partial charge on any atom is 0.264 e. The Bertz CT molecular complexity index is 1330. The summed E-state index contributed by atoms with van der Waals surface area (Å²) in [6.07, 6.45) is 0. The molecule has 0 radical (unpaired) electrons. The van der Waals surface area contributed by atoms with Crippen molar-refractivity contribution in [3.8, 4) is 0 Å². The standard InChI is InChI=1S/C27H29Cl2N3O4S/c1-19(2)30-27(34)20(3)31(17-21-13-15-22(28)16-14-21)26(33)18-32(25-12-8-7-11-24(25)29)37(35,36)23-9-5-4-6-10-23/h4-16,19-20H,17-18H2,1-3H3,(H,30,34)/t20-/m0/s1. The van der Waals surface area contributed by atoms with Crippen molar-refractivity contribution in [3.05, 3.63) is 94.5 Å². The van der Waals surface area contributed by atoms with Gasteiger partial charge in [0.15, 0.2) is 0 Å². The number of hydrogen-bond donors (Lipinski definition) is 1. The quantitative estimate of drug-likeness (QED) is 0.371. The third-order valence-electron chi connectivity index (χ3n) is 5.60. The molecule has 196 valence electrons. The minimum Gasteiger partial charge on any atom is -0.352 e. The molecule has 37 heavy (non-hydrogen) atoms. The summed E-state index contributed by atoms with van der Waals surface area (Å²) in [7, 11) is -4.17. The highest BCUT2D eigenvalue weighted by molar-refractivity contribution is 7.92. The van der Waals surface area contributed by atoms with E-state index in [0.29, 0.717) is 5.02 Å². The number of carbonyl (C=O) groups excluding carboxylic acids is 2. The van der Waals surface area contributed by atoms with Gasteiger partial charge in [0.1, 0.15) is 12.6 Å². The van der Waals surface area contributed by atoms with E-state index < -0.39 is 28.5 Å². The van der Waals surface area contributed by atoms with Gasteiger partial charge in [0.2, 0.25) is 11.8 Å². The van der Waals surface area contributed by atoms with Gasteiger partial charge in [-0.3, -0.25) is 13.9 Å². The lowest BCUT2D eigenvalue weighted by Crippen LogP contribution is -2.52. The van der Waals surface area contributed by atoms with Crippen molar-refractivity contribution < 1.29 is 18.0 Å². The first-order valence-corrected chi connectivity index (χ1v) is 13.9. The van der Waals surface area contributed by atoms with Crippen LogP contribution in [0.25, 0.3) is 0 Å². The average molecular weight is 563 g/mol. The van der Waals surface area contributed by atoms with Crippen LogP contribution in [-0.4, -0.2) is 43.8 Å². The first kappa shape index (κ1) is 28.5. The summed E-state index contributed by atoms with van der Waals surface area (Å²) in [4.78, 5) is 28.0. The number of halogens is 2. The second-order valence-electron chi connectivity index (χ2n) is 8.76. The fourth-order valence-electron chi connectivity index (χ4n) is 3.66. The van der Waals surface area contributed by atoms with E-state index in [1.165, 1.54) is 23.1 Å². The normalized spacial score (nSPS) is 12.2. The number of hydrogen-bond acceptors (Lipinski definition) is 4. The smallest absolute Gasteiger partial charge is 0.264 e. The van der Waals surface area contributed by atoms with Crippen LogP contribution in [0.2, 0.25) is 10.0 Å². The maximum absolute atomic E-state index is 13.8. The number of benzene rings is 3. The second kappa shape index (κ2) is 12.4. The first-order valence-electron chi connectivity index (χ1n) is 11.7. The molecule has 3 rings (SSSR count). The molecule has 0 aliphatic rings. The van der Waals surface area contributed by atoms with E-state index in [1.54, 1.807) is 67.6 Å². The third kappa shape index (κ3) is 7.25. The molecule has 0 fully saturated rings. The number of para-hydroxylation sites is 1. The number of rotatable bonds is 10. The van der Waals surface area contributed by atoms with E-state index in [0.717, 1.165) is 9.87 Å². The van der Waals surface area contributed by atoms with Crippen molar-refractivity contribution in [3.63, 3.8) is 0 Å². The molecular formula is C27H29Cl2N3O4S. The molecule has 3 aromatic carbocycles. The summed E-state index contributed by atoms with van der Waals surface area (Å²) in [6, 6.07) is 20.1. The van der Waals surface area contributed by atoms with E-state index in [-0.39, 0.29) is 34.1 Å². The first-order chi connectivity index (χ1) is 17.5. The fourth-order valence-corrected chi connectivity index (χ4v) is 5.53. The van der Waals surface area contributed by atoms with Gasteiger partial charge < -0.3 is 10.2 Å². The van der Waals surface area contributed by atoms with Crippen molar-refractivity contribution in [1.29, 1.82) is 0 Å². The van der Waals surface area contributed by atoms with Crippen LogP contribution in [0.5, 0.6) is 0 Å². The summed E-state index contributed by atoms with van der Waals surface area (Å²) in [5, 5.41) is 3.52. The Hall–Kier alpha value is -3.07. The molecule has 10 heteroatoms. The summed E-state index contributed by atoms with van der Waals surface area (Å²) >= 11 is 12.4. The van der Waals surface area contributed by atoms with E-state index >= 15 is 0 Å². The fraction of sp³-hybridized carbons (Fsp3) is 0.259. The Morgan fingerprint density at radius 3 is 2.05 bits per heavy atom. The number of amides is 2. The number of nitrogens with zero attached hydrogens (tertiary/aromatic N) is 2. The molecule has 0 aliphatic carbocycles. The molecule has 0 saturated carbocycles. The van der Waals surface area contributed by atoms with Gasteiger partial charge in [-0.25, -0.2) is 8.42 Å². The molecule has 0 bridgehead atoms. The zero-order chi connectivity index (χ0) is 27.2. The van der Waals surface area contributed by atoms with Gasteiger partial charge in [0.05, 0.1) is 15.6 Å². The average Bonchev–Trinajstić information content (AvgIpc) is 2.87. The van der Waals surface area contributed by atoms with Crippen LogP contribution < -0.4 is 9.62 Å². The zero-order valence-corrected chi connectivity index (χ0v) is 23.1. The SMILES string of the molecule is CC(C)NC(=O)[C@H](C)N(Cc1ccc(Cl)cc1)C(=O)CN(c1ccccc1Cl)S(=O)(=O)c1ccccc1. The Morgan fingerprint density at radius 1 is 0.865 bits per heavy atom. The molecule has 2 amide bonds. The third-order valence-corrected chi connectivity index (χ3v) is 7.94.